The Labute approximate surface area is 115 Å². The molecule has 96 valence electrons. The van der Waals surface area contributed by atoms with E-state index >= 15 is 0 Å². The zero-order valence-electron chi connectivity index (χ0n) is 10.5. The first-order valence-electron chi connectivity index (χ1n) is 5.71. The molecule has 1 heterocycles. The van der Waals surface area contributed by atoms with E-state index in [4.69, 9.17) is 10.5 Å². The summed E-state index contributed by atoms with van der Waals surface area (Å²) in [7, 11) is 3.64. The second kappa shape index (κ2) is 5.54. The number of nitrogens with zero attached hydrogens (tertiary/aromatic N) is 2. The third-order valence-corrected chi connectivity index (χ3v) is 3.49. The molecular formula is C13H16BrN3O. The molecule has 1 aromatic heterocycles. The average molecular weight is 310 g/mol. The van der Waals surface area contributed by atoms with Crippen molar-refractivity contribution in [1.29, 1.82) is 0 Å². The molecule has 0 spiro atoms. The molecule has 0 aliphatic heterocycles. The van der Waals surface area contributed by atoms with E-state index in [1.54, 1.807) is 7.11 Å². The summed E-state index contributed by atoms with van der Waals surface area (Å²) in [6.07, 6.45) is 2.63. The molecule has 0 atom stereocenters. The van der Waals surface area contributed by atoms with Crippen molar-refractivity contribution in [2.24, 2.45) is 12.8 Å². The predicted octanol–water partition coefficient (Wildman–Crippen LogP) is 2.36. The topological polar surface area (TPSA) is 53.1 Å². The molecular weight excluding hydrogens is 294 g/mol. The molecule has 0 aliphatic rings. The Morgan fingerprint density at radius 1 is 1.44 bits per heavy atom. The van der Waals surface area contributed by atoms with Crippen LogP contribution >= 0.6 is 15.9 Å². The van der Waals surface area contributed by atoms with Crippen molar-refractivity contribution in [1.82, 2.24) is 9.55 Å². The van der Waals surface area contributed by atoms with Crippen LogP contribution in [0, 0.1) is 0 Å². The molecule has 0 saturated heterocycles. The zero-order chi connectivity index (χ0) is 13.1. The smallest absolute Gasteiger partial charge is 0.133 e. The van der Waals surface area contributed by atoms with Crippen molar-refractivity contribution in [3.05, 3.63) is 34.7 Å². The van der Waals surface area contributed by atoms with Gasteiger partial charge in [0, 0.05) is 24.7 Å². The quantitative estimate of drug-likeness (QED) is 0.943. The van der Waals surface area contributed by atoms with Crippen molar-refractivity contribution in [3.8, 4) is 17.0 Å². The summed E-state index contributed by atoms with van der Waals surface area (Å²) in [6, 6.07) is 5.95. The molecule has 0 unspecified atom stereocenters. The van der Waals surface area contributed by atoms with Gasteiger partial charge in [-0.2, -0.15) is 0 Å². The standard InChI is InChI=1S/C13H16BrN3O/c1-17-8-16-13(11(17)5-6-15)9-3-4-12(18-2)10(14)7-9/h3-4,7-8H,5-6,15H2,1-2H3. The number of methoxy groups -OCH3 is 1. The van der Waals surface area contributed by atoms with Gasteiger partial charge in [0.15, 0.2) is 0 Å². The monoisotopic (exact) mass is 309 g/mol. The Kier molecular flexibility index (Phi) is 4.04. The molecule has 5 heteroatoms. The van der Waals surface area contributed by atoms with Gasteiger partial charge in [-0.3, -0.25) is 0 Å². The number of halogens is 1. The van der Waals surface area contributed by atoms with Crippen molar-refractivity contribution in [2.45, 2.75) is 6.42 Å². The molecule has 4 nitrogen and oxygen atoms in total. The second-order valence-electron chi connectivity index (χ2n) is 4.04. The van der Waals surface area contributed by atoms with E-state index in [-0.39, 0.29) is 0 Å². The summed E-state index contributed by atoms with van der Waals surface area (Å²) >= 11 is 3.49. The van der Waals surface area contributed by atoms with Crippen molar-refractivity contribution in [2.75, 3.05) is 13.7 Å². The molecule has 0 aliphatic carbocycles. The highest BCUT2D eigenvalue weighted by atomic mass is 79.9. The number of aryl methyl sites for hydroxylation is 1. The normalized spacial score (nSPS) is 10.7. The Hall–Kier alpha value is -1.33. The van der Waals surface area contributed by atoms with Gasteiger partial charge in [-0.05, 0) is 40.7 Å². The predicted molar refractivity (Wildman–Crippen MR) is 75.7 cm³/mol. The highest BCUT2D eigenvalue weighted by Gasteiger charge is 2.12. The van der Waals surface area contributed by atoms with Gasteiger partial charge in [0.05, 0.1) is 23.6 Å². The van der Waals surface area contributed by atoms with Gasteiger partial charge >= 0.3 is 0 Å². The van der Waals surface area contributed by atoms with Gasteiger partial charge in [0.1, 0.15) is 5.75 Å². The molecule has 0 amide bonds. The summed E-state index contributed by atoms with van der Waals surface area (Å²) in [5.41, 5.74) is 8.83. The lowest BCUT2D eigenvalue weighted by molar-refractivity contribution is 0.412. The van der Waals surface area contributed by atoms with Crippen LogP contribution in [0.4, 0.5) is 0 Å². The molecule has 0 fully saturated rings. The molecule has 2 rings (SSSR count). The van der Waals surface area contributed by atoms with Gasteiger partial charge in [-0.25, -0.2) is 4.98 Å². The number of aromatic nitrogens is 2. The highest BCUT2D eigenvalue weighted by molar-refractivity contribution is 9.10. The maximum atomic E-state index is 5.64. The third-order valence-electron chi connectivity index (χ3n) is 2.87. The number of ether oxygens (including phenoxy) is 1. The van der Waals surface area contributed by atoms with Gasteiger partial charge in [0.2, 0.25) is 0 Å². The minimum atomic E-state index is 0.615. The Bertz CT molecular complexity index is 551. The third kappa shape index (κ3) is 2.42. The number of imidazole rings is 1. The summed E-state index contributed by atoms with van der Waals surface area (Å²) in [4.78, 5) is 4.45. The van der Waals surface area contributed by atoms with E-state index in [9.17, 15) is 0 Å². The van der Waals surface area contributed by atoms with Crippen LogP contribution in [0.25, 0.3) is 11.3 Å². The first-order valence-corrected chi connectivity index (χ1v) is 6.51. The number of hydrogen-bond donors (Lipinski definition) is 1. The van der Waals surface area contributed by atoms with Crippen LogP contribution in [0.3, 0.4) is 0 Å². The Morgan fingerprint density at radius 2 is 2.22 bits per heavy atom. The number of benzene rings is 1. The first-order chi connectivity index (χ1) is 8.67. The highest BCUT2D eigenvalue weighted by Crippen LogP contribution is 2.31. The summed E-state index contributed by atoms with van der Waals surface area (Å²) < 4.78 is 8.16. The summed E-state index contributed by atoms with van der Waals surface area (Å²) in [6.45, 7) is 0.615. The molecule has 0 bridgehead atoms. The van der Waals surface area contributed by atoms with Crippen LogP contribution in [0.15, 0.2) is 29.0 Å². The van der Waals surface area contributed by atoms with Gasteiger partial charge in [-0.15, -0.1) is 0 Å². The largest absolute Gasteiger partial charge is 0.496 e. The molecule has 18 heavy (non-hydrogen) atoms. The maximum Gasteiger partial charge on any atom is 0.133 e. The zero-order valence-corrected chi connectivity index (χ0v) is 12.1. The van der Waals surface area contributed by atoms with Crippen LogP contribution in [-0.4, -0.2) is 23.2 Å². The summed E-state index contributed by atoms with van der Waals surface area (Å²) in [5.74, 6) is 0.815. The second-order valence-corrected chi connectivity index (χ2v) is 4.89. The molecule has 0 radical (unpaired) electrons. The van der Waals surface area contributed by atoms with Gasteiger partial charge < -0.3 is 15.0 Å². The van der Waals surface area contributed by atoms with Crippen molar-refractivity contribution in [3.63, 3.8) is 0 Å². The van der Waals surface area contributed by atoms with Crippen LogP contribution in [0.2, 0.25) is 0 Å². The van der Waals surface area contributed by atoms with E-state index in [1.807, 2.05) is 36.1 Å². The first kappa shape index (κ1) is 13.1. The number of rotatable bonds is 4. The fourth-order valence-corrected chi connectivity index (χ4v) is 2.48. The van der Waals surface area contributed by atoms with E-state index in [0.717, 1.165) is 33.6 Å². The van der Waals surface area contributed by atoms with Gasteiger partial charge in [0.25, 0.3) is 0 Å². The van der Waals surface area contributed by atoms with E-state index in [0.29, 0.717) is 6.54 Å². The molecule has 2 aromatic rings. The van der Waals surface area contributed by atoms with Crippen LogP contribution < -0.4 is 10.5 Å². The lowest BCUT2D eigenvalue weighted by Gasteiger charge is -2.07. The van der Waals surface area contributed by atoms with Crippen LogP contribution in [0.5, 0.6) is 5.75 Å². The van der Waals surface area contributed by atoms with Crippen LogP contribution in [0.1, 0.15) is 5.69 Å². The summed E-state index contributed by atoms with van der Waals surface area (Å²) in [5, 5.41) is 0. The number of hydrogen-bond acceptors (Lipinski definition) is 3. The fraction of sp³-hybridized carbons (Fsp3) is 0.308. The van der Waals surface area contributed by atoms with E-state index < -0.39 is 0 Å². The van der Waals surface area contributed by atoms with E-state index in [2.05, 4.69) is 20.9 Å². The molecule has 2 N–H and O–H groups in total. The van der Waals surface area contributed by atoms with E-state index in [1.165, 1.54) is 0 Å². The lowest BCUT2D eigenvalue weighted by atomic mass is 10.1. The van der Waals surface area contributed by atoms with Crippen molar-refractivity contribution >= 4 is 15.9 Å². The Morgan fingerprint density at radius 3 is 2.83 bits per heavy atom. The minimum absolute atomic E-state index is 0.615. The Balaban J connectivity index is 2.45. The fourth-order valence-electron chi connectivity index (χ4n) is 1.94. The molecule has 0 saturated carbocycles. The molecule has 1 aromatic carbocycles. The maximum absolute atomic E-state index is 5.64. The van der Waals surface area contributed by atoms with Gasteiger partial charge in [-0.1, -0.05) is 0 Å². The average Bonchev–Trinajstić information content (AvgIpc) is 2.72. The number of nitrogens with two attached hydrogens (primary N) is 1. The SMILES string of the molecule is COc1ccc(-c2ncn(C)c2CCN)cc1Br. The minimum Gasteiger partial charge on any atom is -0.496 e. The lowest BCUT2D eigenvalue weighted by Crippen LogP contribution is -2.07. The van der Waals surface area contributed by atoms with Crippen LogP contribution in [-0.2, 0) is 13.5 Å². The van der Waals surface area contributed by atoms with Crippen molar-refractivity contribution < 1.29 is 4.74 Å².